The highest BCUT2D eigenvalue weighted by atomic mass is 35.5. The van der Waals surface area contributed by atoms with Crippen LogP contribution in [-0.4, -0.2) is 6.29 Å². The van der Waals surface area contributed by atoms with Crippen LogP contribution in [0.15, 0.2) is 11.1 Å². The van der Waals surface area contributed by atoms with Crippen molar-refractivity contribution in [2.75, 3.05) is 0 Å². The molecule has 0 heterocycles. The van der Waals surface area contributed by atoms with Crippen LogP contribution in [-0.2, 0) is 4.79 Å². The number of hydrogen-bond acceptors (Lipinski definition) is 1. The fourth-order valence-corrected chi connectivity index (χ4v) is 0.0772. The maximum atomic E-state index is 11.2. The summed E-state index contributed by atoms with van der Waals surface area (Å²) in [7, 11) is 0. The molecule has 0 aliphatic rings. The van der Waals surface area contributed by atoms with E-state index < -0.39 is 11.1 Å². The molecular weight excluding hydrogens is 125 g/mol. The Balaban J connectivity index is 3.98. The van der Waals surface area contributed by atoms with Gasteiger partial charge in [-0.05, 0) is 11.6 Å². The maximum absolute atomic E-state index is 11.2. The number of rotatable bonds is 1. The van der Waals surface area contributed by atoms with Gasteiger partial charge in [-0.3, -0.25) is 4.79 Å². The van der Waals surface area contributed by atoms with E-state index in [4.69, 9.17) is 4.79 Å². The van der Waals surface area contributed by atoms with Crippen LogP contribution in [0.4, 0.5) is 8.78 Å². The molecule has 0 aromatic carbocycles. The third kappa shape index (κ3) is 2.28. The molecule has 1 radical (unpaired) electrons. The standard InChI is InChI=1S/C3ClF2O/c4-3(6)2(5)1-7. The molecule has 0 bridgehead atoms. The monoisotopic (exact) mass is 125 g/mol. The summed E-state index contributed by atoms with van der Waals surface area (Å²) in [4.78, 5) is 9.06. The first kappa shape index (κ1) is 6.56. The Hall–Kier alpha value is -0.440. The molecule has 0 saturated carbocycles. The van der Waals surface area contributed by atoms with Crippen LogP contribution in [0.3, 0.4) is 0 Å². The molecule has 0 N–H and O–H groups in total. The SMILES string of the molecule is O=[C]C(F)=C(F)Cl. The molecule has 0 aromatic rings. The number of halogens is 3. The molecule has 4 heteroatoms. The summed E-state index contributed by atoms with van der Waals surface area (Å²) in [5.74, 6) is -1.69. The van der Waals surface area contributed by atoms with Crippen LogP contribution in [0.25, 0.3) is 0 Å². The fourth-order valence-electron chi connectivity index (χ4n) is 0.0386. The molecule has 0 unspecified atom stereocenters. The molecule has 7 heavy (non-hydrogen) atoms. The van der Waals surface area contributed by atoms with E-state index in [0.29, 0.717) is 6.29 Å². The Morgan fingerprint density at radius 1 is 1.57 bits per heavy atom. The highest BCUT2D eigenvalue weighted by molar-refractivity contribution is 6.29. The van der Waals surface area contributed by atoms with E-state index in [1.165, 1.54) is 0 Å². The lowest BCUT2D eigenvalue weighted by atomic mass is 10.7. The van der Waals surface area contributed by atoms with E-state index in [1.807, 2.05) is 0 Å². The predicted molar refractivity (Wildman–Crippen MR) is 20.8 cm³/mol. The van der Waals surface area contributed by atoms with Crippen molar-refractivity contribution in [1.29, 1.82) is 0 Å². The summed E-state index contributed by atoms with van der Waals surface area (Å²) in [6.45, 7) is 0. The third-order valence-electron chi connectivity index (χ3n) is 0.256. The Kier molecular flexibility index (Phi) is 2.52. The Labute approximate surface area is 43.6 Å². The molecule has 0 aromatic heterocycles. The topological polar surface area (TPSA) is 17.1 Å². The van der Waals surface area contributed by atoms with Crippen molar-refractivity contribution in [2.24, 2.45) is 0 Å². The Morgan fingerprint density at radius 2 is 2.00 bits per heavy atom. The van der Waals surface area contributed by atoms with Crippen molar-refractivity contribution >= 4 is 17.9 Å². The average molecular weight is 125 g/mol. The summed E-state index contributed by atoms with van der Waals surface area (Å²) in [5.41, 5.74) is 0. The van der Waals surface area contributed by atoms with Crippen LogP contribution in [0.1, 0.15) is 0 Å². The summed E-state index contributed by atoms with van der Waals surface area (Å²) < 4.78 is 22.3. The lowest BCUT2D eigenvalue weighted by Gasteiger charge is -1.73. The molecule has 0 aliphatic carbocycles. The second-order valence-electron chi connectivity index (χ2n) is 0.676. The van der Waals surface area contributed by atoms with E-state index >= 15 is 0 Å². The minimum absolute atomic E-state index is 0.620. The van der Waals surface area contributed by atoms with E-state index in [1.54, 1.807) is 0 Å². The van der Waals surface area contributed by atoms with Crippen molar-refractivity contribution in [3.63, 3.8) is 0 Å². The first-order valence-corrected chi connectivity index (χ1v) is 1.65. The zero-order chi connectivity index (χ0) is 5.86. The van der Waals surface area contributed by atoms with Gasteiger partial charge in [0.2, 0.25) is 11.1 Å². The highest BCUT2D eigenvalue weighted by Crippen LogP contribution is 2.08. The molecule has 0 rings (SSSR count). The first-order chi connectivity index (χ1) is 3.18. The van der Waals surface area contributed by atoms with Gasteiger partial charge in [0, 0.05) is 0 Å². The lowest BCUT2D eigenvalue weighted by Crippen LogP contribution is -1.71. The number of hydrogen-bond donors (Lipinski definition) is 0. The van der Waals surface area contributed by atoms with Gasteiger partial charge in [-0.1, -0.05) is 0 Å². The number of allylic oxidation sites excluding steroid dienone is 1. The molecule has 0 spiro atoms. The molecular formula is C3ClF2O. The lowest BCUT2D eigenvalue weighted by molar-refractivity contribution is 0.530. The highest BCUT2D eigenvalue weighted by Gasteiger charge is 1.98. The van der Waals surface area contributed by atoms with E-state index in [-0.39, 0.29) is 0 Å². The van der Waals surface area contributed by atoms with Crippen LogP contribution in [0.5, 0.6) is 0 Å². The van der Waals surface area contributed by atoms with Gasteiger partial charge in [0.25, 0.3) is 6.29 Å². The Morgan fingerprint density at radius 3 is 2.00 bits per heavy atom. The van der Waals surface area contributed by atoms with Crippen molar-refractivity contribution in [1.82, 2.24) is 0 Å². The minimum Gasteiger partial charge on any atom is -0.282 e. The van der Waals surface area contributed by atoms with Gasteiger partial charge in [0.05, 0.1) is 0 Å². The fraction of sp³-hybridized carbons (Fsp3) is 0. The Bertz CT molecular complexity index is 106. The second kappa shape index (κ2) is 2.69. The van der Waals surface area contributed by atoms with Crippen molar-refractivity contribution < 1.29 is 13.6 Å². The van der Waals surface area contributed by atoms with Crippen LogP contribution >= 0.6 is 11.6 Å². The van der Waals surface area contributed by atoms with Gasteiger partial charge >= 0.3 is 0 Å². The average Bonchev–Trinajstić information content (AvgIpc) is 1.65. The van der Waals surface area contributed by atoms with Crippen molar-refractivity contribution in [3.8, 4) is 0 Å². The van der Waals surface area contributed by atoms with Crippen LogP contribution in [0.2, 0.25) is 0 Å². The summed E-state index contributed by atoms with van der Waals surface area (Å²) >= 11 is 4.30. The van der Waals surface area contributed by atoms with E-state index in [9.17, 15) is 8.78 Å². The summed E-state index contributed by atoms with van der Waals surface area (Å²) in [6, 6.07) is 0. The quantitative estimate of drug-likeness (QED) is 0.485. The molecule has 39 valence electrons. The smallest absolute Gasteiger partial charge is 0.268 e. The molecule has 0 atom stereocenters. The number of carbonyl (C=O) groups excluding carboxylic acids is 1. The molecule has 0 saturated heterocycles. The minimum atomic E-state index is -1.69. The van der Waals surface area contributed by atoms with Gasteiger partial charge in [0.15, 0.2) is 0 Å². The maximum Gasteiger partial charge on any atom is 0.268 e. The molecule has 0 fully saturated rings. The first-order valence-electron chi connectivity index (χ1n) is 1.27. The van der Waals surface area contributed by atoms with Gasteiger partial charge in [-0.2, -0.15) is 8.78 Å². The van der Waals surface area contributed by atoms with E-state index in [2.05, 4.69) is 11.6 Å². The zero-order valence-corrected chi connectivity index (χ0v) is 3.80. The van der Waals surface area contributed by atoms with Crippen molar-refractivity contribution in [2.45, 2.75) is 0 Å². The van der Waals surface area contributed by atoms with Crippen molar-refractivity contribution in [3.05, 3.63) is 11.1 Å². The predicted octanol–water partition coefficient (Wildman–Crippen LogP) is 1.44. The molecule has 1 nitrogen and oxygen atoms in total. The second-order valence-corrected chi connectivity index (χ2v) is 1.01. The largest absolute Gasteiger partial charge is 0.282 e. The normalized spacial score (nSPS) is 13.0. The van der Waals surface area contributed by atoms with Gasteiger partial charge in [0.1, 0.15) is 0 Å². The zero-order valence-electron chi connectivity index (χ0n) is 3.04. The van der Waals surface area contributed by atoms with Crippen LogP contribution < -0.4 is 0 Å². The van der Waals surface area contributed by atoms with Crippen LogP contribution in [0, 0.1) is 0 Å². The van der Waals surface area contributed by atoms with E-state index in [0.717, 1.165) is 0 Å². The van der Waals surface area contributed by atoms with Gasteiger partial charge < -0.3 is 0 Å². The third-order valence-corrected chi connectivity index (χ3v) is 0.421. The summed E-state index contributed by atoms with van der Waals surface area (Å²) in [6.07, 6.45) is 0.620. The van der Waals surface area contributed by atoms with Gasteiger partial charge in [-0.15, -0.1) is 0 Å². The molecule has 0 aliphatic heterocycles. The molecule has 0 amide bonds. The van der Waals surface area contributed by atoms with Gasteiger partial charge in [-0.25, -0.2) is 0 Å². The summed E-state index contributed by atoms with van der Waals surface area (Å²) in [5, 5.41) is -1.66.